The molecule has 0 aromatic rings. The second-order valence-corrected chi connectivity index (χ2v) is 31.5. The Hall–Kier alpha value is -1.94. The first-order chi connectivity index (χ1) is 45.8. The van der Waals surface area contributed by atoms with Crippen LogP contribution in [0.5, 0.6) is 0 Å². The summed E-state index contributed by atoms with van der Waals surface area (Å²) in [6.07, 6.45) is 52.5. The number of aliphatic hydroxyl groups is 1. The number of hydrogen-bond acceptors (Lipinski definition) is 15. The van der Waals surface area contributed by atoms with Crippen LogP contribution < -0.4 is 0 Å². The van der Waals surface area contributed by atoms with Gasteiger partial charge in [0.05, 0.1) is 26.4 Å². The molecular formula is C76H148O17P2. The topological polar surface area (TPSA) is 237 Å². The van der Waals surface area contributed by atoms with Crippen LogP contribution >= 0.6 is 15.6 Å². The molecule has 0 radical (unpaired) electrons. The molecule has 0 saturated carbocycles. The summed E-state index contributed by atoms with van der Waals surface area (Å²) in [6, 6.07) is 0. The standard InChI is InChI=1S/C76H148O17P2/c1-8-10-11-12-13-14-15-16-17-20-31-38-45-52-59-75(80)92-71(63-86-73(78)57-50-43-36-29-24-22-27-34-41-48-55-68(5)6)65-90-94(82,83)88-61-70(77)62-89-95(84,85)91-66-72(93-76(81)60-53-46-39-32-21-18-19-26-33-40-47-54-67(3)4)64-87-74(79)58-51-44-37-30-25-23-28-35-42-49-56-69(7)9-2/h67-72,77H,8-66H2,1-7H3,(H,82,83)(H,84,85)/t69?,70-,71+,72+/m0/s1. The Bertz CT molecular complexity index is 1850. The molecule has 0 aromatic carbocycles. The minimum Gasteiger partial charge on any atom is -0.462 e. The van der Waals surface area contributed by atoms with Crippen LogP contribution in [-0.2, 0) is 65.4 Å². The molecule has 3 unspecified atom stereocenters. The molecule has 95 heavy (non-hydrogen) atoms. The van der Waals surface area contributed by atoms with Crippen molar-refractivity contribution in [3.8, 4) is 0 Å². The predicted molar refractivity (Wildman–Crippen MR) is 386 cm³/mol. The van der Waals surface area contributed by atoms with Crippen LogP contribution in [0, 0.1) is 17.8 Å². The Morgan fingerprint density at radius 1 is 0.305 bits per heavy atom. The second kappa shape index (κ2) is 66.6. The smallest absolute Gasteiger partial charge is 0.462 e. The zero-order valence-corrected chi connectivity index (χ0v) is 63.9. The molecule has 0 fully saturated rings. The van der Waals surface area contributed by atoms with Crippen molar-refractivity contribution in [2.75, 3.05) is 39.6 Å². The summed E-state index contributed by atoms with van der Waals surface area (Å²) >= 11 is 0. The quantitative estimate of drug-likeness (QED) is 0.0222. The van der Waals surface area contributed by atoms with Gasteiger partial charge < -0.3 is 33.8 Å². The lowest BCUT2D eigenvalue weighted by atomic mass is 9.99. The first kappa shape index (κ1) is 93.1. The normalized spacial score (nSPS) is 14.4. The highest BCUT2D eigenvalue weighted by Crippen LogP contribution is 2.45. The highest BCUT2D eigenvalue weighted by Gasteiger charge is 2.30. The zero-order valence-electron chi connectivity index (χ0n) is 62.1. The number of esters is 4. The van der Waals surface area contributed by atoms with Gasteiger partial charge in [-0.15, -0.1) is 0 Å². The molecule has 0 bridgehead atoms. The van der Waals surface area contributed by atoms with E-state index in [1.807, 2.05) is 0 Å². The van der Waals surface area contributed by atoms with Gasteiger partial charge in [-0.25, -0.2) is 9.13 Å². The van der Waals surface area contributed by atoms with Crippen molar-refractivity contribution in [2.24, 2.45) is 17.8 Å². The highest BCUT2D eigenvalue weighted by molar-refractivity contribution is 7.47. The lowest BCUT2D eigenvalue weighted by Gasteiger charge is -2.21. The van der Waals surface area contributed by atoms with Gasteiger partial charge in [0.1, 0.15) is 19.3 Å². The summed E-state index contributed by atoms with van der Waals surface area (Å²) < 4.78 is 68.6. The van der Waals surface area contributed by atoms with E-state index >= 15 is 0 Å². The van der Waals surface area contributed by atoms with E-state index in [1.54, 1.807) is 0 Å². The number of unbranched alkanes of at least 4 members (excludes halogenated alkanes) is 41. The SMILES string of the molecule is CCCCCCCCCCCCCCCCC(=O)O[C@H](COC(=O)CCCCCCCCCCCCC(C)C)COP(=O)(O)OC[C@H](O)COP(=O)(O)OC[C@@H](COC(=O)CCCCCCCCCCCCC(C)CC)OC(=O)CCCCCCCCCCCCCC(C)C. The average Bonchev–Trinajstić information content (AvgIpc) is 2.85. The fourth-order valence-corrected chi connectivity index (χ4v) is 13.1. The van der Waals surface area contributed by atoms with E-state index in [1.165, 1.54) is 199 Å². The van der Waals surface area contributed by atoms with Crippen LogP contribution in [0.15, 0.2) is 0 Å². The lowest BCUT2D eigenvalue weighted by molar-refractivity contribution is -0.161. The van der Waals surface area contributed by atoms with Crippen molar-refractivity contribution in [2.45, 2.75) is 407 Å². The Labute approximate surface area is 581 Å². The van der Waals surface area contributed by atoms with Gasteiger partial charge in [-0.05, 0) is 43.4 Å². The molecule has 0 aliphatic heterocycles. The van der Waals surface area contributed by atoms with Crippen molar-refractivity contribution in [3.63, 3.8) is 0 Å². The van der Waals surface area contributed by atoms with Gasteiger partial charge in [0.15, 0.2) is 12.2 Å². The summed E-state index contributed by atoms with van der Waals surface area (Å²) in [7, 11) is -9.91. The van der Waals surface area contributed by atoms with Crippen LogP contribution in [0.3, 0.4) is 0 Å². The first-order valence-corrected chi connectivity index (χ1v) is 42.4. The summed E-state index contributed by atoms with van der Waals surface area (Å²) in [5, 5.41) is 10.6. The van der Waals surface area contributed by atoms with E-state index in [2.05, 4.69) is 48.5 Å². The number of rotatable bonds is 74. The van der Waals surface area contributed by atoms with Crippen molar-refractivity contribution >= 4 is 39.5 Å². The van der Waals surface area contributed by atoms with Crippen LogP contribution in [-0.4, -0.2) is 96.7 Å². The van der Waals surface area contributed by atoms with Crippen molar-refractivity contribution in [3.05, 3.63) is 0 Å². The van der Waals surface area contributed by atoms with E-state index < -0.39 is 97.5 Å². The molecule has 6 atom stereocenters. The summed E-state index contributed by atoms with van der Waals surface area (Å²) in [4.78, 5) is 72.9. The van der Waals surface area contributed by atoms with Gasteiger partial charge in [-0.3, -0.25) is 37.3 Å². The molecule has 0 aliphatic rings. The highest BCUT2D eigenvalue weighted by atomic mass is 31.2. The summed E-state index contributed by atoms with van der Waals surface area (Å²) in [6.45, 7) is 11.9. The minimum absolute atomic E-state index is 0.106. The molecule has 0 saturated heterocycles. The molecule has 17 nitrogen and oxygen atoms in total. The van der Waals surface area contributed by atoms with E-state index in [4.69, 9.17) is 37.0 Å². The molecule has 0 aliphatic carbocycles. The Kier molecular flexibility index (Phi) is 65.2. The monoisotopic (exact) mass is 1400 g/mol. The molecule has 0 spiro atoms. The minimum atomic E-state index is -4.96. The third-order valence-electron chi connectivity index (χ3n) is 18.0. The maximum atomic E-state index is 13.1. The molecule has 0 amide bonds. The summed E-state index contributed by atoms with van der Waals surface area (Å²) in [5.74, 6) is 0.218. The van der Waals surface area contributed by atoms with Crippen LogP contribution in [0.2, 0.25) is 0 Å². The Balaban J connectivity index is 5.28. The number of phosphoric ester groups is 2. The van der Waals surface area contributed by atoms with Gasteiger partial charge in [0.2, 0.25) is 0 Å². The van der Waals surface area contributed by atoms with Crippen LogP contribution in [0.1, 0.15) is 389 Å². The third-order valence-corrected chi connectivity index (χ3v) is 19.9. The van der Waals surface area contributed by atoms with Gasteiger partial charge in [-0.2, -0.15) is 0 Å². The average molecular weight is 1400 g/mol. The lowest BCUT2D eigenvalue weighted by Crippen LogP contribution is -2.30. The third kappa shape index (κ3) is 69.0. The number of phosphoric acid groups is 2. The van der Waals surface area contributed by atoms with Crippen molar-refractivity contribution < 1.29 is 80.2 Å². The Morgan fingerprint density at radius 3 is 0.800 bits per heavy atom. The van der Waals surface area contributed by atoms with Gasteiger partial charge in [-0.1, -0.05) is 337 Å². The summed E-state index contributed by atoms with van der Waals surface area (Å²) in [5.41, 5.74) is 0. The van der Waals surface area contributed by atoms with Gasteiger partial charge >= 0.3 is 39.5 Å². The number of ether oxygens (including phenoxy) is 4. The fourth-order valence-electron chi connectivity index (χ4n) is 11.6. The molecule has 0 rings (SSSR count). The predicted octanol–water partition coefficient (Wildman–Crippen LogP) is 22.2. The van der Waals surface area contributed by atoms with Crippen molar-refractivity contribution in [1.29, 1.82) is 0 Å². The first-order valence-electron chi connectivity index (χ1n) is 39.4. The molecule has 3 N–H and O–H groups in total. The number of carbonyl (C=O) groups excluding carboxylic acids is 4. The number of aliphatic hydroxyl groups excluding tert-OH is 1. The van der Waals surface area contributed by atoms with E-state index in [0.717, 1.165) is 108 Å². The second-order valence-electron chi connectivity index (χ2n) is 28.6. The van der Waals surface area contributed by atoms with E-state index in [9.17, 15) is 43.2 Å². The molecular weight excluding hydrogens is 1250 g/mol. The maximum absolute atomic E-state index is 13.1. The van der Waals surface area contributed by atoms with Crippen molar-refractivity contribution in [1.82, 2.24) is 0 Å². The van der Waals surface area contributed by atoms with Crippen LogP contribution in [0.4, 0.5) is 0 Å². The maximum Gasteiger partial charge on any atom is 0.472 e. The molecule has 19 heteroatoms. The molecule has 564 valence electrons. The van der Waals surface area contributed by atoms with Crippen LogP contribution in [0.25, 0.3) is 0 Å². The van der Waals surface area contributed by atoms with Gasteiger partial charge in [0.25, 0.3) is 0 Å². The zero-order chi connectivity index (χ0) is 70.1. The van der Waals surface area contributed by atoms with E-state index in [-0.39, 0.29) is 25.7 Å². The fraction of sp³-hybridized carbons (Fsp3) is 0.947. The number of carbonyl (C=O) groups is 4. The Morgan fingerprint density at radius 2 is 0.537 bits per heavy atom. The molecule has 0 aromatic heterocycles. The van der Waals surface area contributed by atoms with E-state index in [0.29, 0.717) is 25.7 Å². The largest absolute Gasteiger partial charge is 0.472 e. The number of hydrogen-bond donors (Lipinski definition) is 3. The van der Waals surface area contributed by atoms with Gasteiger partial charge in [0, 0.05) is 25.7 Å². The molecule has 0 heterocycles.